The number of nitro groups is 1. The summed E-state index contributed by atoms with van der Waals surface area (Å²) in [6.45, 7) is 0.701. The van der Waals surface area contributed by atoms with Crippen LogP contribution in [0.2, 0.25) is 0 Å². The highest BCUT2D eigenvalue weighted by molar-refractivity contribution is 5.69. The lowest BCUT2D eigenvalue weighted by Gasteiger charge is -2.34. The third kappa shape index (κ3) is 2.55. The number of aldehydes is 1. The molecule has 6 heteroatoms. The molecule has 1 saturated heterocycles. The Hall–Kier alpha value is -2.42. The Bertz CT molecular complexity index is 551. The summed E-state index contributed by atoms with van der Waals surface area (Å²) in [5.41, 5.74) is 0.450. The van der Waals surface area contributed by atoms with Crippen LogP contribution in [-0.4, -0.2) is 23.8 Å². The van der Waals surface area contributed by atoms with Crippen molar-refractivity contribution in [3.63, 3.8) is 0 Å². The monoisotopic (exact) mass is 259 g/mol. The van der Waals surface area contributed by atoms with Crippen LogP contribution in [0.4, 0.5) is 11.4 Å². The quantitative estimate of drug-likeness (QED) is 0.471. The largest absolute Gasteiger partial charge is 0.362 e. The number of hydrogen-bond acceptors (Lipinski definition) is 5. The lowest BCUT2D eigenvalue weighted by atomic mass is 10.0. The summed E-state index contributed by atoms with van der Waals surface area (Å²) in [6, 6.07) is 6.04. The van der Waals surface area contributed by atoms with E-state index in [0.29, 0.717) is 12.2 Å². The lowest BCUT2D eigenvalue weighted by Crippen LogP contribution is -2.40. The van der Waals surface area contributed by atoms with Gasteiger partial charge in [0.1, 0.15) is 17.9 Å². The first-order valence-corrected chi connectivity index (χ1v) is 6.08. The standard InChI is InChI=1S/C13H13N3O3/c14-8-10-4-5-11(7-13(10)16(18)19)15-6-2-1-3-12(15)9-17/h4-5,7,9,12H,1-3,6H2. The second-order valence-corrected chi connectivity index (χ2v) is 4.46. The number of nitro benzene ring substituents is 1. The van der Waals surface area contributed by atoms with E-state index in [2.05, 4.69) is 0 Å². The van der Waals surface area contributed by atoms with Gasteiger partial charge in [0.25, 0.3) is 5.69 Å². The number of piperidine rings is 1. The van der Waals surface area contributed by atoms with Crippen LogP contribution in [0.15, 0.2) is 18.2 Å². The van der Waals surface area contributed by atoms with E-state index in [-0.39, 0.29) is 17.3 Å². The van der Waals surface area contributed by atoms with Gasteiger partial charge in [-0.1, -0.05) is 0 Å². The van der Waals surface area contributed by atoms with Crippen molar-refractivity contribution in [1.29, 1.82) is 5.26 Å². The van der Waals surface area contributed by atoms with Gasteiger partial charge in [-0.15, -0.1) is 0 Å². The van der Waals surface area contributed by atoms with Gasteiger partial charge in [0, 0.05) is 18.3 Å². The second-order valence-electron chi connectivity index (χ2n) is 4.46. The molecule has 1 aliphatic rings. The molecule has 0 spiro atoms. The van der Waals surface area contributed by atoms with Crippen LogP contribution in [0.3, 0.4) is 0 Å². The van der Waals surface area contributed by atoms with E-state index in [4.69, 9.17) is 5.26 Å². The molecule has 1 aromatic carbocycles. The van der Waals surface area contributed by atoms with Crippen molar-refractivity contribution in [3.8, 4) is 6.07 Å². The third-order valence-electron chi connectivity index (χ3n) is 3.34. The van der Waals surface area contributed by atoms with Crippen molar-refractivity contribution in [2.24, 2.45) is 0 Å². The van der Waals surface area contributed by atoms with Crippen LogP contribution in [0.1, 0.15) is 24.8 Å². The zero-order valence-corrected chi connectivity index (χ0v) is 10.3. The first-order valence-electron chi connectivity index (χ1n) is 6.08. The molecule has 1 aromatic rings. The van der Waals surface area contributed by atoms with E-state index in [1.807, 2.05) is 4.90 Å². The lowest BCUT2D eigenvalue weighted by molar-refractivity contribution is -0.385. The van der Waals surface area contributed by atoms with E-state index in [1.165, 1.54) is 12.1 Å². The van der Waals surface area contributed by atoms with Crippen molar-refractivity contribution < 1.29 is 9.72 Å². The SMILES string of the molecule is N#Cc1ccc(N2CCCCC2C=O)cc1[N+](=O)[O-]. The Balaban J connectivity index is 2.40. The molecule has 1 atom stereocenters. The van der Waals surface area contributed by atoms with Crippen molar-refractivity contribution >= 4 is 17.7 Å². The number of nitriles is 1. The number of carbonyl (C=O) groups excluding carboxylic acids is 1. The highest BCUT2D eigenvalue weighted by atomic mass is 16.6. The van der Waals surface area contributed by atoms with E-state index in [0.717, 1.165) is 25.5 Å². The smallest absolute Gasteiger partial charge is 0.289 e. The maximum atomic E-state index is 11.1. The molecule has 1 aliphatic heterocycles. The molecule has 0 aliphatic carbocycles. The maximum absolute atomic E-state index is 11.1. The molecule has 0 saturated carbocycles. The maximum Gasteiger partial charge on any atom is 0.289 e. The van der Waals surface area contributed by atoms with Crippen molar-refractivity contribution in [2.45, 2.75) is 25.3 Å². The minimum Gasteiger partial charge on any atom is -0.362 e. The zero-order chi connectivity index (χ0) is 13.8. The molecular formula is C13H13N3O3. The van der Waals surface area contributed by atoms with Crippen molar-refractivity contribution in [1.82, 2.24) is 0 Å². The van der Waals surface area contributed by atoms with Crippen LogP contribution in [0, 0.1) is 21.4 Å². The first kappa shape index (κ1) is 13.0. The molecule has 19 heavy (non-hydrogen) atoms. The highest BCUT2D eigenvalue weighted by Gasteiger charge is 2.24. The second kappa shape index (κ2) is 5.48. The van der Waals surface area contributed by atoms with Gasteiger partial charge in [0.15, 0.2) is 0 Å². The number of anilines is 1. The number of benzene rings is 1. The number of hydrogen-bond donors (Lipinski definition) is 0. The zero-order valence-electron chi connectivity index (χ0n) is 10.3. The molecule has 98 valence electrons. The third-order valence-corrected chi connectivity index (χ3v) is 3.34. The highest BCUT2D eigenvalue weighted by Crippen LogP contribution is 2.29. The summed E-state index contributed by atoms with van der Waals surface area (Å²) in [5, 5.41) is 19.8. The molecule has 2 rings (SSSR count). The minimum atomic E-state index is -0.568. The summed E-state index contributed by atoms with van der Waals surface area (Å²) in [6.07, 6.45) is 3.58. The molecule has 1 fully saturated rings. The molecule has 0 N–H and O–H groups in total. The molecule has 0 amide bonds. The van der Waals surface area contributed by atoms with Crippen molar-refractivity contribution in [3.05, 3.63) is 33.9 Å². The van der Waals surface area contributed by atoms with Crippen LogP contribution < -0.4 is 4.90 Å². The molecule has 1 heterocycles. The Morgan fingerprint density at radius 1 is 1.47 bits per heavy atom. The average Bonchev–Trinajstić information content (AvgIpc) is 2.46. The first-order chi connectivity index (χ1) is 9.17. The van der Waals surface area contributed by atoms with Gasteiger partial charge in [-0.3, -0.25) is 10.1 Å². The van der Waals surface area contributed by atoms with Crippen LogP contribution >= 0.6 is 0 Å². The average molecular weight is 259 g/mol. The topological polar surface area (TPSA) is 87.2 Å². The molecule has 0 aromatic heterocycles. The molecular weight excluding hydrogens is 246 g/mol. The summed E-state index contributed by atoms with van der Waals surface area (Å²) in [5.74, 6) is 0. The van der Waals surface area contributed by atoms with E-state index >= 15 is 0 Å². The van der Waals surface area contributed by atoms with Gasteiger partial charge in [0.2, 0.25) is 0 Å². The van der Waals surface area contributed by atoms with Gasteiger partial charge in [-0.25, -0.2) is 0 Å². The summed E-state index contributed by atoms with van der Waals surface area (Å²) >= 11 is 0. The molecule has 0 bridgehead atoms. The molecule has 6 nitrogen and oxygen atoms in total. The normalized spacial score (nSPS) is 18.7. The van der Waals surface area contributed by atoms with Crippen LogP contribution in [0.5, 0.6) is 0 Å². The van der Waals surface area contributed by atoms with E-state index in [1.54, 1.807) is 12.1 Å². The fourth-order valence-corrected chi connectivity index (χ4v) is 2.36. The minimum absolute atomic E-state index is 0.0356. The Labute approximate surface area is 110 Å². The number of rotatable bonds is 3. The fraction of sp³-hybridized carbons (Fsp3) is 0.385. The van der Waals surface area contributed by atoms with E-state index in [9.17, 15) is 14.9 Å². The fourth-order valence-electron chi connectivity index (χ4n) is 2.36. The molecule has 1 unspecified atom stereocenters. The van der Waals surface area contributed by atoms with Crippen LogP contribution in [0.25, 0.3) is 0 Å². The van der Waals surface area contributed by atoms with Crippen LogP contribution in [-0.2, 0) is 4.79 Å². The van der Waals surface area contributed by atoms with Gasteiger partial charge >= 0.3 is 0 Å². The summed E-state index contributed by atoms with van der Waals surface area (Å²) < 4.78 is 0. The predicted octanol–water partition coefficient (Wildman–Crippen LogP) is 2.02. The van der Waals surface area contributed by atoms with Gasteiger partial charge in [0.05, 0.1) is 11.0 Å². The Kier molecular flexibility index (Phi) is 3.76. The number of carbonyl (C=O) groups is 1. The Morgan fingerprint density at radius 3 is 2.89 bits per heavy atom. The number of nitrogens with zero attached hydrogens (tertiary/aromatic N) is 3. The van der Waals surface area contributed by atoms with Gasteiger partial charge < -0.3 is 9.69 Å². The van der Waals surface area contributed by atoms with Gasteiger partial charge in [-0.2, -0.15) is 5.26 Å². The van der Waals surface area contributed by atoms with Gasteiger partial charge in [-0.05, 0) is 31.4 Å². The van der Waals surface area contributed by atoms with E-state index < -0.39 is 4.92 Å². The van der Waals surface area contributed by atoms with Crippen molar-refractivity contribution in [2.75, 3.05) is 11.4 Å². The predicted molar refractivity (Wildman–Crippen MR) is 68.9 cm³/mol. The summed E-state index contributed by atoms with van der Waals surface area (Å²) in [7, 11) is 0. The molecule has 0 radical (unpaired) electrons. The summed E-state index contributed by atoms with van der Waals surface area (Å²) in [4.78, 5) is 23.3. The Morgan fingerprint density at radius 2 is 2.26 bits per heavy atom.